The number of carbonyl (C=O) groups excluding carboxylic acids is 2. The fraction of sp³-hybridized carbons (Fsp3) is 0.333. The van der Waals surface area contributed by atoms with E-state index in [1.807, 2.05) is 55.5 Å². The first kappa shape index (κ1) is 21.4. The number of methoxy groups -OCH3 is 1. The molecule has 0 saturated carbocycles. The summed E-state index contributed by atoms with van der Waals surface area (Å²) in [7, 11) is 1.58. The van der Waals surface area contributed by atoms with E-state index in [-0.39, 0.29) is 24.5 Å². The van der Waals surface area contributed by atoms with Crippen LogP contribution in [-0.2, 0) is 4.79 Å². The van der Waals surface area contributed by atoms with Gasteiger partial charge in [-0.15, -0.1) is 0 Å². The van der Waals surface area contributed by atoms with E-state index in [1.54, 1.807) is 24.1 Å². The van der Waals surface area contributed by atoms with E-state index in [0.29, 0.717) is 30.2 Å². The Kier molecular flexibility index (Phi) is 7.49. The largest absolute Gasteiger partial charge is 0.493 e. The van der Waals surface area contributed by atoms with Gasteiger partial charge < -0.3 is 19.7 Å². The van der Waals surface area contributed by atoms with Gasteiger partial charge >= 0.3 is 0 Å². The Morgan fingerprint density at radius 3 is 2.50 bits per heavy atom. The summed E-state index contributed by atoms with van der Waals surface area (Å²) >= 11 is 0. The molecule has 1 saturated heterocycles. The number of piperidine rings is 1. The molecule has 1 aliphatic heterocycles. The normalized spacial score (nSPS) is 14.5. The van der Waals surface area contributed by atoms with E-state index >= 15 is 0 Å². The van der Waals surface area contributed by atoms with Crippen molar-refractivity contribution >= 4 is 17.9 Å². The number of nitrogens with one attached hydrogen (secondary N) is 1. The Balaban J connectivity index is 1.47. The van der Waals surface area contributed by atoms with Crippen LogP contribution in [0.2, 0.25) is 0 Å². The Morgan fingerprint density at radius 1 is 1.10 bits per heavy atom. The maximum absolute atomic E-state index is 12.6. The molecule has 2 aromatic carbocycles. The summed E-state index contributed by atoms with van der Waals surface area (Å²) in [5.74, 6) is 1.00. The van der Waals surface area contributed by atoms with Crippen molar-refractivity contribution in [3.63, 3.8) is 0 Å². The van der Waals surface area contributed by atoms with Gasteiger partial charge in [0.25, 0.3) is 11.8 Å². The number of ether oxygens (including phenoxy) is 2. The molecule has 3 rings (SSSR count). The van der Waals surface area contributed by atoms with Crippen LogP contribution in [0, 0.1) is 0 Å². The lowest BCUT2D eigenvalue weighted by Gasteiger charge is -2.32. The smallest absolute Gasteiger partial charge is 0.260 e. The molecule has 1 N–H and O–H groups in total. The highest BCUT2D eigenvalue weighted by atomic mass is 16.5. The molecular formula is C24H28N2O4. The number of hydrogen-bond acceptors (Lipinski definition) is 4. The van der Waals surface area contributed by atoms with E-state index in [2.05, 4.69) is 5.32 Å². The Labute approximate surface area is 177 Å². The second-order valence-electron chi connectivity index (χ2n) is 7.19. The van der Waals surface area contributed by atoms with E-state index in [1.165, 1.54) is 0 Å². The zero-order valence-corrected chi connectivity index (χ0v) is 17.5. The number of hydrogen-bond donors (Lipinski definition) is 1. The molecule has 0 aromatic heterocycles. The minimum atomic E-state index is -0.0721. The van der Waals surface area contributed by atoms with Crippen LogP contribution in [0.5, 0.6) is 11.5 Å². The second-order valence-corrected chi connectivity index (χ2v) is 7.19. The molecule has 158 valence electrons. The molecule has 2 aromatic rings. The lowest BCUT2D eigenvalue weighted by atomic mass is 10.0. The van der Waals surface area contributed by atoms with Crippen LogP contribution >= 0.6 is 0 Å². The quantitative estimate of drug-likeness (QED) is 0.761. The summed E-state index contributed by atoms with van der Waals surface area (Å²) in [5.41, 5.74) is 1.66. The maximum Gasteiger partial charge on any atom is 0.260 e. The summed E-state index contributed by atoms with van der Waals surface area (Å²) < 4.78 is 11.1. The minimum absolute atomic E-state index is 0.0413. The van der Waals surface area contributed by atoms with Crippen molar-refractivity contribution in [2.45, 2.75) is 25.8 Å². The Bertz CT molecular complexity index is 887. The van der Waals surface area contributed by atoms with Crippen molar-refractivity contribution in [2.24, 2.45) is 0 Å². The zero-order valence-electron chi connectivity index (χ0n) is 17.5. The average Bonchev–Trinajstić information content (AvgIpc) is 2.79. The van der Waals surface area contributed by atoms with Crippen molar-refractivity contribution in [3.8, 4) is 11.5 Å². The third kappa shape index (κ3) is 5.63. The fourth-order valence-corrected chi connectivity index (χ4v) is 3.46. The first-order valence-corrected chi connectivity index (χ1v) is 10.2. The molecule has 6 heteroatoms. The monoisotopic (exact) mass is 408 g/mol. The second kappa shape index (κ2) is 10.5. The molecule has 1 fully saturated rings. The number of amides is 2. The van der Waals surface area contributed by atoms with E-state index < -0.39 is 0 Å². The molecule has 6 nitrogen and oxygen atoms in total. The highest BCUT2D eigenvalue weighted by Crippen LogP contribution is 2.28. The van der Waals surface area contributed by atoms with Crippen molar-refractivity contribution in [1.29, 1.82) is 0 Å². The van der Waals surface area contributed by atoms with Gasteiger partial charge in [-0.1, -0.05) is 36.4 Å². The van der Waals surface area contributed by atoms with Crippen LogP contribution in [0.15, 0.2) is 54.6 Å². The summed E-state index contributed by atoms with van der Waals surface area (Å²) in [4.78, 5) is 26.6. The molecule has 1 aliphatic rings. The number of carbonyl (C=O) groups is 2. The van der Waals surface area contributed by atoms with Crippen LogP contribution in [0.4, 0.5) is 0 Å². The van der Waals surface area contributed by atoms with Gasteiger partial charge in [-0.2, -0.15) is 0 Å². The minimum Gasteiger partial charge on any atom is -0.493 e. The molecule has 0 radical (unpaired) electrons. The lowest BCUT2D eigenvalue weighted by molar-refractivity contribution is -0.134. The number of rotatable bonds is 7. The van der Waals surface area contributed by atoms with Gasteiger partial charge in [0, 0.05) is 24.7 Å². The van der Waals surface area contributed by atoms with Gasteiger partial charge in [-0.05, 0) is 49.6 Å². The predicted molar refractivity (Wildman–Crippen MR) is 117 cm³/mol. The number of benzene rings is 2. The molecule has 0 unspecified atom stereocenters. The molecule has 0 aliphatic carbocycles. The van der Waals surface area contributed by atoms with Crippen molar-refractivity contribution < 1.29 is 19.1 Å². The van der Waals surface area contributed by atoms with Crippen LogP contribution in [0.3, 0.4) is 0 Å². The van der Waals surface area contributed by atoms with Crippen molar-refractivity contribution in [1.82, 2.24) is 10.2 Å². The van der Waals surface area contributed by atoms with E-state index in [9.17, 15) is 9.59 Å². The first-order valence-electron chi connectivity index (χ1n) is 10.2. The third-order valence-corrected chi connectivity index (χ3v) is 5.12. The summed E-state index contributed by atoms with van der Waals surface area (Å²) in [6.45, 7) is 3.10. The van der Waals surface area contributed by atoms with Gasteiger partial charge in [-0.3, -0.25) is 9.59 Å². The highest BCUT2D eigenvalue weighted by molar-refractivity contribution is 5.94. The van der Waals surface area contributed by atoms with Crippen LogP contribution < -0.4 is 14.8 Å². The van der Waals surface area contributed by atoms with Crippen LogP contribution in [0.25, 0.3) is 6.08 Å². The molecule has 2 amide bonds. The van der Waals surface area contributed by atoms with E-state index in [4.69, 9.17) is 9.47 Å². The predicted octanol–water partition coefficient (Wildman–Crippen LogP) is 3.53. The van der Waals surface area contributed by atoms with Gasteiger partial charge in [0.05, 0.1) is 7.11 Å². The summed E-state index contributed by atoms with van der Waals surface area (Å²) in [6, 6.07) is 14.8. The van der Waals surface area contributed by atoms with Gasteiger partial charge in [0.15, 0.2) is 18.1 Å². The highest BCUT2D eigenvalue weighted by Gasteiger charge is 2.24. The SMILES string of the molecule is C/C=C/c1ccc(OCC(=O)N2CCC(NC(=O)c3ccccc3)CC2)c(OC)c1. The van der Waals surface area contributed by atoms with Gasteiger partial charge in [0.1, 0.15) is 0 Å². The number of likely N-dealkylation sites (tertiary alicyclic amines) is 1. The van der Waals surface area contributed by atoms with Gasteiger partial charge in [0.2, 0.25) is 0 Å². The van der Waals surface area contributed by atoms with Crippen molar-refractivity contribution in [2.75, 3.05) is 26.8 Å². The fourth-order valence-electron chi connectivity index (χ4n) is 3.46. The van der Waals surface area contributed by atoms with Crippen LogP contribution in [-0.4, -0.2) is 49.6 Å². The Morgan fingerprint density at radius 2 is 1.83 bits per heavy atom. The number of nitrogens with zero attached hydrogens (tertiary/aromatic N) is 1. The number of allylic oxidation sites excluding steroid dienone is 1. The molecular weight excluding hydrogens is 380 g/mol. The molecule has 1 heterocycles. The standard InChI is InChI=1S/C24H28N2O4/c1-3-7-18-10-11-21(22(16-18)29-2)30-17-23(27)26-14-12-20(13-15-26)25-24(28)19-8-5-4-6-9-19/h3-11,16,20H,12-15,17H2,1-2H3,(H,25,28)/b7-3+. The Hall–Kier alpha value is -3.28. The average molecular weight is 408 g/mol. The van der Waals surface area contributed by atoms with Crippen molar-refractivity contribution in [3.05, 3.63) is 65.7 Å². The lowest BCUT2D eigenvalue weighted by Crippen LogP contribution is -2.47. The molecule has 0 spiro atoms. The molecule has 0 atom stereocenters. The summed E-state index contributed by atoms with van der Waals surface area (Å²) in [6.07, 6.45) is 5.38. The van der Waals surface area contributed by atoms with Crippen LogP contribution in [0.1, 0.15) is 35.7 Å². The topological polar surface area (TPSA) is 67.9 Å². The molecule has 0 bridgehead atoms. The third-order valence-electron chi connectivity index (χ3n) is 5.12. The maximum atomic E-state index is 12.6. The first-order chi connectivity index (χ1) is 14.6. The van der Waals surface area contributed by atoms with Gasteiger partial charge in [-0.25, -0.2) is 0 Å². The van der Waals surface area contributed by atoms with E-state index in [0.717, 1.165) is 18.4 Å². The summed E-state index contributed by atoms with van der Waals surface area (Å²) in [5, 5.41) is 3.05. The zero-order chi connectivity index (χ0) is 21.3. The molecule has 30 heavy (non-hydrogen) atoms.